The number of nitrogens with two attached hydrogens (primary N) is 1. The molecule has 15 heavy (non-hydrogen) atoms. The second-order valence-electron chi connectivity index (χ2n) is 3.77. The molecule has 1 saturated carbocycles. The van der Waals surface area contributed by atoms with Crippen LogP contribution in [0.3, 0.4) is 0 Å². The average Bonchev–Trinajstić information content (AvgIpc) is 2.22. The number of hydrogen-bond acceptors (Lipinski definition) is 4. The Balaban J connectivity index is 2.77. The van der Waals surface area contributed by atoms with Gasteiger partial charge >= 0.3 is 0 Å². The Bertz CT molecular complexity index is 263. The molecule has 0 heterocycles. The number of amides is 1. The predicted molar refractivity (Wildman–Crippen MR) is 58.5 cm³/mol. The summed E-state index contributed by atoms with van der Waals surface area (Å²) in [6, 6.07) is 0. The molecule has 0 spiro atoms. The van der Waals surface area contributed by atoms with Gasteiger partial charge in [-0.3, -0.25) is 9.79 Å². The van der Waals surface area contributed by atoms with Crippen molar-refractivity contribution in [3.05, 3.63) is 4.91 Å². The number of hydrogen-bond donors (Lipinski definition) is 1. The number of aliphatic imine (C=N–C) groups is 1. The minimum Gasteiger partial charge on any atom is -0.312 e. The van der Waals surface area contributed by atoms with E-state index in [9.17, 15) is 9.70 Å². The Kier molecular flexibility index (Phi) is 5.10. The molecule has 0 aromatic carbocycles. The van der Waals surface area contributed by atoms with Gasteiger partial charge in [0.2, 0.25) is 0 Å². The fraction of sp³-hybridized carbons (Fsp3) is 0.800. The highest BCUT2D eigenvalue weighted by Gasteiger charge is 2.25. The topological polar surface area (TPSA) is 84.9 Å². The maximum absolute atomic E-state index is 11.3. The second kappa shape index (κ2) is 6.40. The molecule has 0 bridgehead atoms. The molecule has 0 saturated heterocycles. The fourth-order valence-corrected chi connectivity index (χ4v) is 1.99. The van der Waals surface area contributed by atoms with Gasteiger partial charge in [0.15, 0.2) is 0 Å². The lowest BCUT2D eigenvalue weighted by atomic mass is 9.89. The zero-order valence-corrected chi connectivity index (χ0v) is 8.82. The Morgan fingerprint density at radius 1 is 1.33 bits per heavy atom. The molecule has 1 fully saturated rings. The van der Waals surface area contributed by atoms with Gasteiger partial charge in [0, 0.05) is 10.9 Å². The van der Waals surface area contributed by atoms with E-state index < -0.39 is 11.8 Å². The SMILES string of the molecule is NCN=C1CCCCCCC1C(=O)N=O. The standard InChI is InChI=1S/C10H17N3O2/c11-7-12-9-6-4-2-1-3-5-8(9)10(14)13-15/h8H,1-7,11H2. The largest absolute Gasteiger partial charge is 0.312 e. The van der Waals surface area contributed by atoms with Gasteiger partial charge in [-0.1, -0.05) is 19.3 Å². The van der Waals surface area contributed by atoms with Crippen LogP contribution in [0.15, 0.2) is 10.2 Å². The normalized spacial score (nSPS) is 25.7. The maximum Gasteiger partial charge on any atom is 0.294 e. The van der Waals surface area contributed by atoms with Crippen molar-refractivity contribution in [2.75, 3.05) is 6.67 Å². The first-order chi connectivity index (χ1) is 7.29. The fourth-order valence-electron chi connectivity index (χ4n) is 1.99. The van der Waals surface area contributed by atoms with E-state index in [2.05, 4.69) is 10.2 Å². The first-order valence-corrected chi connectivity index (χ1v) is 5.40. The summed E-state index contributed by atoms with van der Waals surface area (Å²) in [6.45, 7) is 0.179. The first-order valence-electron chi connectivity index (χ1n) is 5.40. The van der Waals surface area contributed by atoms with E-state index in [1.807, 2.05) is 0 Å². The molecule has 0 aliphatic heterocycles. The van der Waals surface area contributed by atoms with Crippen molar-refractivity contribution in [3.8, 4) is 0 Å². The van der Waals surface area contributed by atoms with Crippen molar-refractivity contribution in [1.29, 1.82) is 0 Å². The quantitative estimate of drug-likeness (QED) is 0.704. The minimum atomic E-state index is -0.593. The summed E-state index contributed by atoms with van der Waals surface area (Å²) in [4.78, 5) is 25.7. The van der Waals surface area contributed by atoms with E-state index in [-0.39, 0.29) is 6.67 Å². The maximum atomic E-state index is 11.3. The number of carbonyl (C=O) groups excluding carboxylic acids is 1. The molecule has 2 N–H and O–H groups in total. The predicted octanol–water partition coefficient (Wildman–Crippen LogP) is 1.61. The van der Waals surface area contributed by atoms with Crippen molar-refractivity contribution in [2.45, 2.75) is 38.5 Å². The molecule has 1 atom stereocenters. The van der Waals surface area contributed by atoms with Crippen LogP contribution in [0.5, 0.6) is 0 Å². The van der Waals surface area contributed by atoms with Crippen LogP contribution in [0.2, 0.25) is 0 Å². The van der Waals surface area contributed by atoms with E-state index in [0.717, 1.165) is 37.8 Å². The van der Waals surface area contributed by atoms with Gasteiger partial charge in [0.1, 0.15) is 0 Å². The van der Waals surface area contributed by atoms with E-state index in [0.29, 0.717) is 6.42 Å². The molecular weight excluding hydrogens is 194 g/mol. The highest BCUT2D eigenvalue weighted by Crippen LogP contribution is 2.21. The number of carbonyl (C=O) groups is 1. The molecule has 1 aliphatic carbocycles. The molecule has 5 nitrogen and oxygen atoms in total. The van der Waals surface area contributed by atoms with E-state index in [1.54, 1.807) is 0 Å². The van der Waals surface area contributed by atoms with Crippen LogP contribution in [-0.2, 0) is 4.79 Å². The van der Waals surface area contributed by atoms with Crippen molar-refractivity contribution in [3.63, 3.8) is 0 Å². The molecule has 0 radical (unpaired) electrons. The van der Waals surface area contributed by atoms with Gasteiger partial charge < -0.3 is 5.73 Å². The molecule has 0 aromatic rings. The van der Waals surface area contributed by atoms with Gasteiger partial charge in [-0.25, -0.2) is 0 Å². The van der Waals surface area contributed by atoms with E-state index >= 15 is 0 Å². The van der Waals surface area contributed by atoms with Crippen LogP contribution >= 0.6 is 0 Å². The van der Waals surface area contributed by atoms with Crippen molar-refractivity contribution < 1.29 is 4.79 Å². The summed E-state index contributed by atoms with van der Waals surface area (Å²) in [5.41, 5.74) is 6.11. The number of nitroso groups, excluding NO2 is 1. The Labute approximate surface area is 89.1 Å². The summed E-state index contributed by atoms with van der Waals surface area (Å²) in [5, 5.41) is 2.51. The first kappa shape index (κ1) is 12.0. The van der Waals surface area contributed by atoms with Gasteiger partial charge in [-0.15, -0.1) is 4.91 Å². The van der Waals surface area contributed by atoms with Gasteiger partial charge in [0.05, 0.1) is 12.6 Å². The van der Waals surface area contributed by atoms with Crippen LogP contribution in [0, 0.1) is 10.8 Å². The van der Waals surface area contributed by atoms with Crippen LogP contribution in [0.1, 0.15) is 38.5 Å². The zero-order valence-electron chi connectivity index (χ0n) is 8.82. The highest BCUT2D eigenvalue weighted by atomic mass is 16.3. The Morgan fingerprint density at radius 2 is 2.07 bits per heavy atom. The van der Waals surface area contributed by atoms with E-state index in [4.69, 9.17) is 5.73 Å². The van der Waals surface area contributed by atoms with Crippen LogP contribution < -0.4 is 5.73 Å². The minimum absolute atomic E-state index is 0.179. The lowest BCUT2D eigenvalue weighted by molar-refractivity contribution is -0.120. The summed E-state index contributed by atoms with van der Waals surface area (Å²) in [6.07, 6.45) is 5.68. The van der Waals surface area contributed by atoms with Crippen LogP contribution in [-0.4, -0.2) is 18.3 Å². The second-order valence-corrected chi connectivity index (χ2v) is 3.77. The molecular formula is C10H17N3O2. The van der Waals surface area contributed by atoms with Crippen LogP contribution in [0.4, 0.5) is 0 Å². The molecule has 1 amide bonds. The monoisotopic (exact) mass is 211 g/mol. The summed E-state index contributed by atoms with van der Waals surface area (Å²) < 4.78 is 0. The van der Waals surface area contributed by atoms with Gasteiger partial charge in [0.25, 0.3) is 5.91 Å². The molecule has 1 rings (SSSR count). The third-order valence-electron chi connectivity index (χ3n) is 2.76. The van der Waals surface area contributed by atoms with Crippen molar-refractivity contribution in [2.24, 2.45) is 21.8 Å². The molecule has 84 valence electrons. The van der Waals surface area contributed by atoms with Crippen LogP contribution in [0.25, 0.3) is 0 Å². The molecule has 1 aliphatic rings. The Hall–Kier alpha value is -1.10. The lowest BCUT2D eigenvalue weighted by Crippen LogP contribution is -2.25. The third-order valence-corrected chi connectivity index (χ3v) is 2.76. The average molecular weight is 211 g/mol. The zero-order chi connectivity index (χ0) is 11.1. The molecule has 1 unspecified atom stereocenters. The lowest BCUT2D eigenvalue weighted by Gasteiger charge is -2.18. The number of rotatable bonds is 2. The molecule has 0 aromatic heterocycles. The van der Waals surface area contributed by atoms with Crippen molar-refractivity contribution in [1.82, 2.24) is 0 Å². The van der Waals surface area contributed by atoms with Crippen molar-refractivity contribution >= 4 is 11.6 Å². The Morgan fingerprint density at radius 3 is 2.73 bits per heavy atom. The summed E-state index contributed by atoms with van der Waals surface area (Å²) in [5.74, 6) is -1.00. The molecule has 5 heteroatoms. The third kappa shape index (κ3) is 3.51. The summed E-state index contributed by atoms with van der Waals surface area (Å²) >= 11 is 0. The van der Waals surface area contributed by atoms with Gasteiger partial charge in [-0.05, 0) is 19.3 Å². The summed E-state index contributed by atoms with van der Waals surface area (Å²) in [7, 11) is 0. The van der Waals surface area contributed by atoms with E-state index in [1.165, 1.54) is 0 Å². The van der Waals surface area contributed by atoms with Gasteiger partial charge in [-0.2, -0.15) is 0 Å². The number of nitrogens with zero attached hydrogens (tertiary/aromatic N) is 2. The highest BCUT2D eigenvalue weighted by molar-refractivity contribution is 6.04. The smallest absolute Gasteiger partial charge is 0.294 e.